The molecule has 5 atom stereocenters. The van der Waals surface area contributed by atoms with Crippen molar-refractivity contribution in [3.8, 4) is 0 Å². The Bertz CT molecular complexity index is 662. The maximum Gasteiger partial charge on any atom is 0.334 e. The number of rotatable bonds is 26. The van der Waals surface area contributed by atoms with Gasteiger partial charge in [-0.1, -0.05) is 129 Å². The van der Waals surface area contributed by atoms with E-state index in [0.29, 0.717) is 0 Å². The van der Waals surface area contributed by atoms with Crippen LogP contribution in [-0.2, 0) is 14.3 Å². The fourth-order valence-corrected chi connectivity index (χ4v) is 6.37. The minimum Gasteiger partial charge on any atom is -0.455 e. The van der Waals surface area contributed by atoms with Crippen molar-refractivity contribution in [1.29, 1.82) is 0 Å². The quantitative estimate of drug-likeness (QED) is 0.0809. The first-order valence-electron chi connectivity index (χ1n) is 17.4. The molecule has 0 bridgehead atoms. The second-order valence-electron chi connectivity index (χ2n) is 12.8. The van der Waals surface area contributed by atoms with Gasteiger partial charge in [-0.3, -0.25) is 0 Å². The van der Waals surface area contributed by atoms with E-state index < -0.39 is 0 Å². The lowest BCUT2D eigenvalue weighted by Gasteiger charge is -2.22. The van der Waals surface area contributed by atoms with E-state index in [1.165, 1.54) is 109 Å². The monoisotopic (exact) mass is 564 g/mol. The van der Waals surface area contributed by atoms with Crippen LogP contribution in [0.5, 0.6) is 0 Å². The van der Waals surface area contributed by atoms with E-state index in [1.807, 2.05) is 13.0 Å². The molecular formula is C35H64O5. The predicted molar refractivity (Wildman–Crippen MR) is 165 cm³/mol. The van der Waals surface area contributed by atoms with Crippen molar-refractivity contribution in [2.75, 3.05) is 0 Å². The summed E-state index contributed by atoms with van der Waals surface area (Å²) in [4.78, 5) is 11.6. The number of aliphatic hydroxyl groups excluding tert-OH is 2. The van der Waals surface area contributed by atoms with Crippen LogP contribution in [0.3, 0.4) is 0 Å². The lowest BCUT2D eigenvalue weighted by molar-refractivity contribution is -0.139. The zero-order chi connectivity index (χ0) is 28.8. The zero-order valence-corrected chi connectivity index (χ0v) is 26.3. The van der Waals surface area contributed by atoms with Gasteiger partial charge < -0.3 is 19.7 Å². The van der Waals surface area contributed by atoms with Gasteiger partial charge in [0.15, 0.2) is 0 Å². The number of hydrogen-bond acceptors (Lipinski definition) is 5. The molecule has 0 aromatic rings. The molecule has 0 saturated carbocycles. The molecule has 1 fully saturated rings. The summed E-state index contributed by atoms with van der Waals surface area (Å²) >= 11 is 0. The summed E-state index contributed by atoms with van der Waals surface area (Å²) in [6.07, 6.45) is 30.6. The molecule has 2 heterocycles. The highest BCUT2D eigenvalue weighted by atomic mass is 16.5. The van der Waals surface area contributed by atoms with Gasteiger partial charge in [0.25, 0.3) is 0 Å². The average molecular weight is 565 g/mol. The Morgan fingerprint density at radius 3 is 1.48 bits per heavy atom. The van der Waals surface area contributed by atoms with Gasteiger partial charge in [0.2, 0.25) is 0 Å². The van der Waals surface area contributed by atoms with Crippen molar-refractivity contribution >= 4 is 5.97 Å². The summed E-state index contributed by atoms with van der Waals surface area (Å²) in [6, 6.07) is 0. The molecule has 2 N–H and O–H groups in total. The maximum absolute atomic E-state index is 11.6. The SMILES string of the molecule is CCCCCCCCCC(O)C1CCC(C(O)CCCCCCCCCCCCCCCC2=CC(C)OC2=O)O1. The molecule has 5 unspecified atom stereocenters. The highest BCUT2D eigenvalue weighted by Gasteiger charge is 2.34. The van der Waals surface area contributed by atoms with Crippen LogP contribution in [0.4, 0.5) is 0 Å². The number of unbranched alkanes of at least 4 members (excludes halogenated alkanes) is 18. The summed E-state index contributed by atoms with van der Waals surface area (Å²) in [6.45, 7) is 4.17. The molecule has 5 heteroatoms. The number of hydrogen-bond donors (Lipinski definition) is 2. The predicted octanol–water partition coefficient (Wildman–Crippen LogP) is 9.12. The molecule has 0 aromatic heterocycles. The van der Waals surface area contributed by atoms with Gasteiger partial charge in [-0.05, 0) is 51.5 Å². The van der Waals surface area contributed by atoms with Crippen LogP contribution >= 0.6 is 0 Å². The van der Waals surface area contributed by atoms with Gasteiger partial charge in [-0.15, -0.1) is 0 Å². The maximum atomic E-state index is 11.6. The van der Waals surface area contributed by atoms with Crippen molar-refractivity contribution in [2.24, 2.45) is 0 Å². The van der Waals surface area contributed by atoms with E-state index >= 15 is 0 Å². The second kappa shape index (κ2) is 22.7. The average Bonchev–Trinajstić information content (AvgIpc) is 3.56. The molecule has 0 radical (unpaired) electrons. The Labute approximate surface area is 246 Å². The minimum absolute atomic E-state index is 0.0361. The van der Waals surface area contributed by atoms with Crippen LogP contribution in [0.1, 0.15) is 174 Å². The third-order valence-corrected chi connectivity index (χ3v) is 8.98. The Balaban J connectivity index is 1.32. The molecule has 1 saturated heterocycles. The molecule has 0 amide bonds. The standard InChI is InChI=1S/C35H64O5/c1-3-4-5-6-14-18-21-24-31(36)33-26-27-34(40-33)32(37)25-22-19-16-13-11-9-7-8-10-12-15-17-20-23-30-28-29(2)39-35(30)38/h28-29,31-34,36-37H,3-27H2,1-2H3. The van der Waals surface area contributed by atoms with Crippen LogP contribution in [-0.4, -0.2) is 46.7 Å². The largest absolute Gasteiger partial charge is 0.455 e. The van der Waals surface area contributed by atoms with Crippen LogP contribution in [0.15, 0.2) is 11.6 Å². The topological polar surface area (TPSA) is 76.0 Å². The number of aliphatic hydroxyl groups is 2. The molecule has 0 spiro atoms. The Morgan fingerprint density at radius 2 is 1.07 bits per heavy atom. The number of ether oxygens (including phenoxy) is 2. The molecule has 40 heavy (non-hydrogen) atoms. The van der Waals surface area contributed by atoms with Crippen LogP contribution in [0.25, 0.3) is 0 Å². The Morgan fingerprint density at radius 1 is 0.675 bits per heavy atom. The van der Waals surface area contributed by atoms with Gasteiger partial charge >= 0.3 is 5.97 Å². The molecule has 0 aromatic carbocycles. The number of carbonyl (C=O) groups excluding carboxylic acids is 1. The Kier molecular flexibility index (Phi) is 20.0. The van der Waals surface area contributed by atoms with Crippen molar-refractivity contribution in [1.82, 2.24) is 0 Å². The summed E-state index contributed by atoms with van der Waals surface area (Å²) in [7, 11) is 0. The first-order chi connectivity index (χ1) is 19.5. The third-order valence-electron chi connectivity index (χ3n) is 8.98. The fourth-order valence-electron chi connectivity index (χ4n) is 6.37. The van der Waals surface area contributed by atoms with Gasteiger partial charge in [-0.2, -0.15) is 0 Å². The molecule has 2 rings (SSSR count). The van der Waals surface area contributed by atoms with Crippen molar-refractivity contribution in [2.45, 2.75) is 205 Å². The van der Waals surface area contributed by atoms with Gasteiger partial charge in [0, 0.05) is 5.57 Å². The van der Waals surface area contributed by atoms with Crippen LogP contribution in [0, 0.1) is 0 Å². The fraction of sp³-hybridized carbons (Fsp3) is 0.914. The van der Waals surface area contributed by atoms with Crippen LogP contribution in [0.2, 0.25) is 0 Å². The minimum atomic E-state index is -0.379. The van der Waals surface area contributed by atoms with Gasteiger partial charge in [-0.25, -0.2) is 4.79 Å². The molecule has 2 aliphatic heterocycles. The van der Waals surface area contributed by atoms with Crippen LogP contribution < -0.4 is 0 Å². The highest BCUT2D eigenvalue weighted by Crippen LogP contribution is 2.28. The molecule has 5 nitrogen and oxygen atoms in total. The molecule has 234 valence electrons. The Hall–Kier alpha value is -0.910. The van der Waals surface area contributed by atoms with Gasteiger partial charge in [0.1, 0.15) is 6.10 Å². The normalized spacial score (nSPS) is 22.4. The zero-order valence-electron chi connectivity index (χ0n) is 26.3. The smallest absolute Gasteiger partial charge is 0.334 e. The summed E-state index contributed by atoms with van der Waals surface area (Å²) in [5, 5.41) is 21.1. The van der Waals surface area contributed by atoms with Crippen molar-refractivity contribution in [3.63, 3.8) is 0 Å². The van der Waals surface area contributed by atoms with E-state index in [9.17, 15) is 15.0 Å². The summed E-state index contributed by atoms with van der Waals surface area (Å²) < 4.78 is 11.2. The number of carbonyl (C=O) groups is 1. The highest BCUT2D eigenvalue weighted by molar-refractivity contribution is 5.90. The van der Waals surface area contributed by atoms with Crippen molar-refractivity contribution in [3.05, 3.63) is 11.6 Å². The molecular weight excluding hydrogens is 500 g/mol. The van der Waals surface area contributed by atoms with E-state index in [2.05, 4.69) is 6.92 Å². The molecule has 2 aliphatic rings. The second-order valence-corrected chi connectivity index (χ2v) is 12.8. The lowest BCUT2D eigenvalue weighted by Crippen LogP contribution is -2.31. The van der Waals surface area contributed by atoms with E-state index in [1.54, 1.807) is 0 Å². The first kappa shape index (κ1) is 35.3. The van der Waals surface area contributed by atoms with Gasteiger partial charge in [0.05, 0.1) is 24.4 Å². The first-order valence-corrected chi connectivity index (χ1v) is 17.4. The lowest BCUT2D eigenvalue weighted by atomic mass is 10.00. The van der Waals surface area contributed by atoms with E-state index in [4.69, 9.17) is 9.47 Å². The third kappa shape index (κ3) is 15.9. The molecule has 0 aliphatic carbocycles. The van der Waals surface area contributed by atoms with Crippen molar-refractivity contribution < 1.29 is 24.5 Å². The van der Waals surface area contributed by atoms with E-state index in [-0.39, 0.29) is 36.5 Å². The van der Waals surface area contributed by atoms with E-state index in [0.717, 1.165) is 56.9 Å². The summed E-state index contributed by atoms with van der Waals surface area (Å²) in [5.41, 5.74) is 0.880. The number of esters is 1. The summed E-state index contributed by atoms with van der Waals surface area (Å²) in [5.74, 6) is -0.109. The number of cyclic esters (lactones) is 1.